The van der Waals surface area contributed by atoms with Gasteiger partial charge in [0.05, 0.1) is 36.7 Å². The van der Waals surface area contributed by atoms with Crippen molar-refractivity contribution in [2.75, 3.05) is 63.9 Å². The second kappa shape index (κ2) is 11.3. The van der Waals surface area contributed by atoms with Crippen LogP contribution in [0.15, 0.2) is 29.8 Å². The van der Waals surface area contributed by atoms with E-state index in [1.54, 1.807) is 12.3 Å². The first-order valence-corrected chi connectivity index (χ1v) is 12.2. The number of nitrogens with zero attached hydrogens (tertiary/aromatic N) is 5. The van der Waals surface area contributed by atoms with Crippen molar-refractivity contribution in [3.63, 3.8) is 0 Å². The fourth-order valence-electron chi connectivity index (χ4n) is 5.46. The highest BCUT2D eigenvalue weighted by atomic mass is 16.5. The summed E-state index contributed by atoms with van der Waals surface area (Å²) in [5, 5.41) is 9.51. The zero-order valence-electron chi connectivity index (χ0n) is 20.1. The summed E-state index contributed by atoms with van der Waals surface area (Å²) in [7, 11) is 0. The number of rotatable bonds is 6. The fourth-order valence-corrected chi connectivity index (χ4v) is 5.46. The molecule has 0 radical (unpaired) electrons. The van der Waals surface area contributed by atoms with Crippen molar-refractivity contribution in [3.05, 3.63) is 35.9 Å². The average Bonchev–Trinajstić information content (AvgIpc) is 2.83. The number of aliphatic imine (C=N–C) groups is 1. The topological polar surface area (TPSA) is 64.3 Å². The third-order valence-electron chi connectivity index (χ3n) is 7.08. The van der Waals surface area contributed by atoms with Gasteiger partial charge in [-0.15, -0.1) is 0 Å². The predicted octanol–water partition coefficient (Wildman–Crippen LogP) is 3.15. The quantitative estimate of drug-likeness (QED) is 0.619. The van der Waals surface area contributed by atoms with E-state index in [4.69, 9.17) is 9.47 Å². The minimum Gasteiger partial charge on any atom is -0.379 e. The highest BCUT2D eigenvalue weighted by Crippen LogP contribution is 2.34. The molecule has 0 aliphatic carbocycles. The highest BCUT2D eigenvalue weighted by molar-refractivity contribution is 5.79. The summed E-state index contributed by atoms with van der Waals surface area (Å²) in [5.41, 5.74) is 3.49. The van der Waals surface area contributed by atoms with E-state index in [1.165, 1.54) is 12.8 Å². The molecular formula is C26H37N5O2. The number of likely N-dealkylation sites (tertiary alicyclic amines) is 1. The molecule has 178 valence electrons. The lowest BCUT2D eigenvalue weighted by Gasteiger charge is -2.43. The van der Waals surface area contributed by atoms with Crippen molar-refractivity contribution in [1.29, 1.82) is 5.26 Å². The number of nitriles is 1. The maximum Gasteiger partial charge on any atom is 0.101 e. The van der Waals surface area contributed by atoms with Crippen molar-refractivity contribution >= 4 is 17.6 Å². The SMILES string of the molecule is C=C/C=N\c1c(C#N)ccc(N2C[C@H](CN3CCC(N4CCOCC4)CC3)O[C@H](C)C2)c1C. The van der Waals surface area contributed by atoms with Gasteiger partial charge in [0, 0.05) is 50.7 Å². The van der Waals surface area contributed by atoms with E-state index in [9.17, 15) is 5.26 Å². The third-order valence-corrected chi connectivity index (χ3v) is 7.08. The molecule has 7 heteroatoms. The number of hydrogen-bond acceptors (Lipinski definition) is 7. The molecule has 0 spiro atoms. The molecule has 3 saturated heterocycles. The van der Waals surface area contributed by atoms with Crippen LogP contribution in [0.1, 0.15) is 30.9 Å². The number of hydrogen-bond donors (Lipinski definition) is 0. The second-order valence-corrected chi connectivity index (χ2v) is 9.39. The molecule has 3 aliphatic heterocycles. The molecule has 4 rings (SSSR count). The van der Waals surface area contributed by atoms with Crippen molar-refractivity contribution in [1.82, 2.24) is 9.80 Å². The fraction of sp³-hybridized carbons (Fsp3) is 0.615. The third kappa shape index (κ3) is 5.82. The van der Waals surface area contributed by atoms with E-state index >= 15 is 0 Å². The summed E-state index contributed by atoms with van der Waals surface area (Å²) in [6.45, 7) is 16.7. The van der Waals surface area contributed by atoms with Crippen molar-refractivity contribution in [3.8, 4) is 6.07 Å². The Morgan fingerprint density at radius 1 is 1.18 bits per heavy atom. The largest absolute Gasteiger partial charge is 0.379 e. The van der Waals surface area contributed by atoms with Gasteiger partial charge < -0.3 is 19.3 Å². The zero-order chi connectivity index (χ0) is 23.2. The standard InChI is InChI=1S/C26H37N5O2/c1-4-9-28-26-21(3)25(6-5-22(26)16-27)31-17-20(2)33-24(19-31)18-29-10-7-23(8-11-29)30-12-14-32-15-13-30/h4-6,9,20,23-24H,1,7-8,10-15,17-19H2,2-3H3/b28-9-/t20-,24+/m1/s1. The minimum atomic E-state index is 0.157. The van der Waals surface area contributed by atoms with Crippen LogP contribution in [0, 0.1) is 18.3 Å². The molecule has 1 aromatic carbocycles. The number of allylic oxidation sites excluding steroid dienone is 1. The van der Waals surface area contributed by atoms with Gasteiger partial charge in [0.2, 0.25) is 0 Å². The van der Waals surface area contributed by atoms with Gasteiger partial charge in [-0.3, -0.25) is 9.89 Å². The first kappa shape index (κ1) is 23.9. The number of ether oxygens (including phenoxy) is 2. The molecule has 33 heavy (non-hydrogen) atoms. The van der Waals surface area contributed by atoms with Gasteiger partial charge in [0.15, 0.2) is 0 Å². The van der Waals surface area contributed by atoms with Gasteiger partial charge in [0.25, 0.3) is 0 Å². The summed E-state index contributed by atoms with van der Waals surface area (Å²) < 4.78 is 11.9. The van der Waals surface area contributed by atoms with Crippen LogP contribution in [0.4, 0.5) is 11.4 Å². The Bertz CT molecular complexity index is 881. The van der Waals surface area contributed by atoms with Crippen molar-refractivity contribution < 1.29 is 9.47 Å². The maximum atomic E-state index is 9.51. The summed E-state index contributed by atoms with van der Waals surface area (Å²) in [4.78, 5) is 12.1. The Morgan fingerprint density at radius 2 is 1.94 bits per heavy atom. The predicted molar refractivity (Wildman–Crippen MR) is 133 cm³/mol. The second-order valence-electron chi connectivity index (χ2n) is 9.39. The van der Waals surface area contributed by atoms with Crippen LogP contribution in [0.5, 0.6) is 0 Å². The molecule has 0 saturated carbocycles. The minimum absolute atomic E-state index is 0.157. The van der Waals surface area contributed by atoms with Crippen LogP contribution in [-0.2, 0) is 9.47 Å². The van der Waals surface area contributed by atoms with Gasteiger partial charge in [-0.25, -0.2) is 0 Å². The van der Waals surface area contributed by atoms with E-state index in [0.29, 0.717) is 11.6 Å². The molecular weight excluding hydrogens is 414 g/mol. The molecule has 0 aromatic heterocycles. The summed E-state index contributed by atoms with van der Waals surface area (Å²) in [6, 6.07) is 6.90. The van der Waals surface area contributed by atoms with E-state index in [1.807, 2.05) is 6.07 Å². The molecule has 3 aliphatic rings. The van der Waals surface area contributed by atoms with Gasteiger partial charge in [0.1, 0.15) is 6.07 Å². The Kier molecular flexibility index (Phi) is 8.15. The van der Waals surface area contributed by atoms with Crippen LogP contribution >= 0.6 is 0 Å². The summed E-state index contributed by atoms with van der Waals surface area (Å²) in [5.74, 6) is 0. The molecule has 0 unspecified atom stereocenters. The lowest BCUT2D eigenvalue weighted by molar-refractivity contribution is -0.0419. The maximum absolute atomic E-state index is 9.51. The van der Waals surface area contributed by atoms with Crippen LogP contribution in [0.25, 0.3) is 0 Å². The molecule has 2 atom stereocenters. The molecule has 7 nitrogen and oxygen atoms in total. The van der Waals surface area contributed by atoms with Crippen molar-refractivity contribution in [2.24, 2.45) is 4.99 Å². The number of anilines is 1. The number of piperidine rings is 1. The van der Waals surface area contributed by atoms with E-state index < -0.39 is 0 Å². The lowest BCUT2D eigenvalue weighted by Crippen LogP contribution is -2.54. The van der Waals surface area contributed by atoms with E-state index in [0.717, 1.165) is 76.0 Å². The number of benzene rings is 1. The van der Waals surface area contributed by atoms with Gasteiger partial charge in [-0.1, -0.05) is 12.7 Å². The average molecular weight is 452 g/mol. The Hall–Kier alpha value is -2.24. The Balaban J connectivity index is 1.39. The van der Waals surface area contributed by atoms with Gasteiger partial charge in [-0.2, -0.15) is 5.26 Å². The van der Waals surface area contributed by atoms with E-state index in [-0.39, 0.29) is 12.2 Å². The van der Waals surface area contributed by atoms with Gasteiger partial charge >= 0.3 is 0 Å². The van der Waals surface area contributed by atoms with Crippen LogP contribution < -0.4 is 4.90 Å². The summed E-state index contributed by atoms with van der Waals surface area (Å²) >= 11 is 0. The molecule has 0 bridgehead atoms. The molecule has 3 fully saturated rings. The molecule has 0 amide bonds. The zero-order valence-corrected chi connectivity index (χ0v) is 20.1. The molecule has 3 heterocycles. The van der Waals surface area contributed by atoms with Crippen LogP contribution in [-0.4, -0.2) is 93.3 Å². The lowest BCUT2D eigenvalue weighted by atomic mass is 10.0. The summed E-state index contributed by atoms with van der Waals surface area (Å²) in [6.07, 6.45) is 6.07. The number of morpholine rings is 2. The Morgan fingerprint density at radius 3 is 2.64 bits per heavy atom. The van der Waals surface area contributed by atoms with Gasteiger partial charge in [-0.05, 0) is 57.5 Å². The monoisotopic (exact) mass is 451 g/mol. The Labute approximate surface area is 198 Å². The molecule has 1 aromatic rings. The first-order valence-electron chi connectivity index (χ1n) is 12.2. The van der Waals surface area contributed by atoms with Crippen molar-refractivity contribution in [2.45, 2.75) is 44.9 Å². The van der Waals surface area contributed by atoms with Crippen LogP contribution in [0.3, 0.4) is 0 Å². The highest BCUT2D eigenvalue weighted by Gasteiger charge is 2.31. The normalized spacial score (nSPS) is 25.9. The van der Waals surface area contributed by atoms with E-state index in [2.05, 4.69) is 52.3 Å². The molecule has 0 N–H and O–H groups in total. The van der Waals surface area contributed by atoms with Crippen LogP contribution in [0.2, 0.25) is 0 Å². The first-order chi connectivity index (χ1) is 16.1. The smallest absolute Gasteiger partial charge is 0.101 e.